The van der Waals surface area contributed by atoms with Crippen molar-refractivity contribution in [2.45, 2.75) is 51.9 Å². The van der Waals surface area contributed by atoms with Crippen LogP contribution in [0.5, 0.6) is 0 Å². The predicted molar refractivity (Wildman–Crippen MR) is 67.0 cm³/mol. The number of halogens is 1. The van der Waals surface area contributed by atoms with Crippen LogP contribution < -0.4 is 0 Å². The third-order valence-electron chi connectivity index (χ3n) is 2.08. The summed E-state index contributed by atoms with van der Waals surface area (Å²) >= 11 is 3.42. The van der Waals surface area contributed by atoms with Crippen LogP contribution in [0.25, 0.3) is 0 Å². The highest BCUT2D eigenvalue weighted by molar-refractivity contribution is 9.09. The average Bonchev–Trinajstić information content (AvgIpc) is 2.20. The Labute approximate surface area is 101 Å². The van der Waals surface area contributed by atoms with Crippen LogP contribution >= 0.6 is 15.9 Å². The van der Waals surface area contributed by atoms with E-state index in [2.05, 4.69) is 20.7 Å². The third-order valence-corrected chi connectivity index (χ3v) is 2.65. The Bertz CT molecular complexity index is 178. The molecule has 0 N–H and O–H groups in total. The van der Waals surface area contributed by atoms with Gasteiger partial charge in [-0.15, -0.1) is 0 Å². The van der Waals surface area contributed by atoms with Gasteiger partial charge in [0.25, 0.3) is 0 Å². The van der Waals surface area contributed by atoms with E-state index in [4.69, 9.17) is 0 Å². The molecule has 2 nitrogen and oxygen atoms in total. The zero-order valence-corrected chi connectivity index (χ0v) is 11.1. The first-order chi connectivity index (χ1) is 7.27. The van der Waals surface area contributed by atoms with Crippen LogP contribution in [0.4, 0.5) is 0 Å². The van der Waals surface area contributed by atoms with Gasteiger partial charge < -0.3 is 4.74 Å². The van der Waals surface area contributed by atoms with Crippen LogP contribution in [0.3, 0.4) is 0 Å². The monoisotopic (exact) mass is 276 g/mol. The van der Waals surface area contributed by atoms with Crippen molar-refractivity contribution in [3.05, 3.63) is 12.3 Å². The molecule has 0 aliphatic heterocycles. The van der Waals surface area contributed by atoms with Crippen molar-refractivity contribution >= 4 is 21.9 Å². The van der Waals surface area contributed by atoms with E-state index in [1.54, 1.807) is 0 Å². The smallest absolute Gasteiger partial charge is 0.307 e. The molecule has 0 atom stereocenters. The van der Waals surface area contributed by atoms with Gasteiger partial charge in [0.15, 0.2) is 0 Å². The number of carbonyl (C=O) groups excluding carboxylic acids is 1. The summed E-state index contributed by atoms with van der Waals surface area (Å²) in [6.07, 6.45) is 12.1. The van der Waals surface area contributed by atoms with Crippen molar-refractivity contribution in [2.75, 3.05) is 5.33 Å². The Hall–Kier alpha value is -0.310. The van der Waals surface area contributed by atoms with Crippen LogP contribution in [0.1, 0.15) is 51.9 Å². The Balaban J connectivity index is 3.04. The number of hydrogen-bond donors (Lipinski definition) is 0. The van der Waals surface area contributed by atoms with Crippen molar-refractivity contribution in [1.82, 2.24) is 0 Å². The van der Waals surface area contributed by atoms with Gasteiger partial charge in [0.1, 0.15) is 0 Å². The molecule has 0 saturated carbocycles. The van der Waals surface area contributed by atoms with Crippen LogP contribution in [0.2, 0.25) is 0 Å². The highest BCUT2D eigenvalue weighted by atomic mass is 79.9. The summed E-state index contributed by atoms with van der Waals surface area (Å²) in [7, 11) is 0. The first-order valence-electron chi connectivity index (χ1n) is 5.65. The fourth-order valence-corrected chi connectivity index (χ4v) is 1.67. The quantitative estimate of drug-likeness (QED) is 0.273. The van der Waals surface area contributed by atoms with E-state index in [-0.39, 0.29) is 5.97 Å². The molecule has 0 saturated heterocycles. The summed E-state index contributed by atoms with van der Waals surface area (Å²) in [5, 5.41) is 1.12. The number of alkyl halides is 1. The molecular formula is C12H21BrO2. The number of rotatable bonds is 9. The second kappa shape index (κ2) is 11.8. The SMILES string of the molecule is CC(=O)OC=CCCCCCCCCBr. The largest absolute Gasteiger partial charge is 0.435 e. The van der Waals surface area contributed by atoms with Crippen LogP contribution in [-0.2, 0) is 9.53 Å². The first-order valence-corrected chi connectivity index (χ1v) is 6.77. The lowest BCUT2D eigenvalue weighted by molar-refractivity contribution is -0.135. The van der Waals surface area contributed by atoms with Crippen LogP contribution in [0.15, 0.2) is 12.3 Å². The second-order valence-electron chi connectivity index (χ2n) is 3.58. The normalized spacial score (nSPS) is 10.8. The molecule has 0 rings (SSSR count). The summed E-state index contributed by atoms with van der Waals surface area (Å²) in [6, 6.07) is 0. The Morgan fingerprint density at radius 2 is 1.73 bits per heavy atom. The van der Waals surface area contributed by atoms with E-state index in [1.807, 2.05) is 6.08 Å². The van der Waals surface area contributed by atoms with E-state index in [0.717, 1.165) is 11.8 Å². The molecule has 0 heterocycles. The Morgan fingerprint density at radius 1 is 1.13 bits per heavy atom. The summed E-state index contributed by atoms with van der Waals surface area (Å²) in [4.78, 5) is 10.4. The van der Waals surface area contributed by atoms with Gasteiger partial charge in [-0.25, -0.2) is 0 Å². The van der Waals surface area contributed by atoms with Crippen molar-refractivity contribution in [3.63, 3.8) is 0 Å². The van der Waals surface area contributed by atoms with Crippen molar-refractivity contribution < 1.29 is 9.53 Å². The molecule has 0 aromatic carbocycles. The maximum atomic E-state index is 10.4. The number of hydrogen-bond acceptors (Lipinski definition) is 2. The molecule has 0 spiro atoms. The van der Waals surface area contributed by atoms with Crippen molar-refractivity contribution in [1.29, 1.82) is 0 Å². The first kappa shape index (κ1) is 14.7. The lowest BCUT2D eigenvalue weighted by atomic mass is 10.1. The zero-order valence-electron chi connectivity index (χ0n) is 9.51. The van der Waals surface area contributed by atoms with Gasteiger partial charge in [-0.1, -0.05) is 41.6 Å². The Kier molecular flexibility index (Phi) is 11.5. The molecule has 3 heteroatoms. The van der Waals surface area contributed by atoms with E-state index in [0.29, 0.717) is 0 Å². The maximum absolute atomic E-state index is 10.4. The minimum Gasteiger partial charge on any atom is -0.435 e. The molecule has 0 radical (unpaired) electrons. The number of ether oxygens (including phenoxy) is 1. The summed E-state index contributed by atoms with van der Waals surface area (Å²) in [5.74, 6) is -0.249. The van der Waals surface area contributed by atoms with Gasteiger partial charge in [-0.3, -0.25) is 4.79 Å². The molecule has 0 aliphatic rings. The molecule has 0 unspecified atom stereocenters. The van der Waals surface area contributed by atoms with E-state index >= 15 is 0 Å². The zero-order chi connectivity index (χ0) is 11.4. The van der Waals surface area contributed by atoms with Gasteiger partial charge in [0, 0.05) is 12.3 Å². The van der Waals surface area contributed by atoms with Crippen LogP contribution in [-0.4, -0.2) is 11.3 Å². The van der Waals surface area contributed by atoms with E-state index < -0.39 is 0 Å². The topological polar surface area (TPSA) is 26.3 Å². The van der Waals surface area contributed by atoms with Gasteiger partial charge in [-0.2, -0.15) is 0 Å². The van der Waals surface area contributed by atoms with Gasteiger partial charge in [-0.05, 0) is 25.3 Å². The molecule has 88 valence electrons. The van der Waals surface area contributed by atoms with Gasteiger partial charge in [0.2, 0.25) is 0 Å². The fourth-order valence-electron chi connectivity index (χ4n) is 1.28. The molecule has 15 heavy (non-hydrogen) atoms. The Morgan fingerprint density at radius 3 is 2.33 bits per heavy atom. The van der Waals surface area contributed by atoms with E-state index in [9.17, 15) is 4.79 Å². The molecule has 0 aromatic heterocycles. The average molecular weight is 277 g/mol. The summed E-state index contributed by atoms with van der Waals surface area (Å²) in [6.45, 7) is 1.41. The van der Waals surface area contributed by atoms with Crippen LogP contribution in [0, 0.1) is 0 Å². The highest BCUT2D eigenvalue weighted by Crippen LogP contribution is 2.08. The predicted octanol–water partition coefficient (Wildman–Crippen LogP) is 4.19. The summed E-state index contributed by atoms with van der Waals surface area (Å²) in [5.41, 5.74) is 0. The molecule has 0 amide bonds. The summed E-state index contributed by atoms with van der Waals surface area (Å²) < 4.78 is 4.68. The van der Waals surface area contributed by atoms with Crippen molar-refractivity contribution in [2.24, 2.45) is 0 Å². The minimum absolute atomic E-state index is 0.249. The maximum Gasteiger partial charge on any atom is 0.307 e. The molecule has 0 bridgehead atoms. The number of allylic oxidation sites excluding steroid dienone is 1. The fraction of sp³-hybridized carbons (Fsp3) is 0.750. The number of esters is 1. The highest BCUT2D eigenvalue weighted by Gasteiger charge is 1.90. The molecule has 0 fully saturated rings. The number of carbonyl (C=O) groups is 1. The number of unbranched alkanes of at least 4 members (excludes halogenated alkanes) is 6. The van der Waals surface area contributed by atoms with Gasteiger partial charge in [0.05, 0.1) is 6.26 Å². The van der Waals surface area contributed by atoms with E-state index in [1.165, 1.54) is 51.7 Å². The second-order valence-corrected chi connectivity index (χ2v) is 4.37. The standard InChI is InChI=1S/C12H21BrO2/c1-12(14)15-11-9-7-5-3-2-4-6-8-10-13/h9,11H,2-8,10H2,1H3. The van der Waals surface area contributed by atoms with Gasteiger partial charge >= 0.3 is 5.97 Å². The lowest BCUT2D eigenvalue weighted by Crippen LogP contribution is -1.89. The lowest BCUT2D eigenvalue weighted by Gasteiger charge is -1.98. The third kappa shape index (κ3) is 13.7. The molecule has 0 aliphatic carbocycles. The molecule has 0 aromatic rings. The molecular weight excluding hydrogens is 256 g/mol. The minimum atomic E-state index is -0.249. The van der Waals surface area contributed by atoms with Crippen molar-refractivity contribution in [3.8, 4) is 0 Å².